The first-order valence-electron chi connectivity index (χ1n) is 7.18. The highest BCUT2D eigenvalue weighted by Gasteiger charge is 2.08. The van der Waals surface area contributed by atoms with E-state index in [2.05, 4.69) is 6.92 Å². The van der Waals surface area contributed by atoms with Gasteiger partial charge >= 0.3 is 5.97 Å². The van der Waals surface area contributed by atoms with Crippen LogP contribution in [-0.4, -0.2) is 38.7 Å². The molecule has 0 saturated heterocycles. The molecule has 0 aliphatic heterocycles. The molecular weight excluding hydrogens is 272 g/mol. The first-order chi connectivity index (χ1) is 10.3. The predicted octanol–water partition coefficient (Wildman–Crippen LogP) is 2.63. The van der Waals surface area contributed by atoms with Crippen molar-refractivity contribution in [2.24, 2.45) is 0 Å². The lowest BCUT2D eigenvalue weighted by Crippen LogP contribution is -2.14. The number of unbranched alkanes of at least 4 members (excludes halogenated alkanes) is 1. The summed E-state index contributed by atoms with van der Waals surface area (Å²) < 4.78 is 15.7. The Kier molecular flexibility index (Phi) is 9.08. The Morgan fingerprint density at radius 3 is 2.52 bits per heavy atom. The molecule has 0 unspecified atom stereocenters. The fraction of sp³-hybridized carbons (Fsp3) is 0.500. The zero-order valence-corrected chi connectivity index (χ0v) is 12.4. The molecule has 0 aromatic heterocycles. The molecule has 0 spiro atoms. The lowest BCUT2D eigenvalue weighted by Gasteiger charge is -2.07. The number of para-hydroxylation sites is 1. The number of carbonyl (C=O) groups excluding carboxylic acids is 2. The van der Waals surface area contributed by atoms with Crippen molar-refractivity contribution >= 4 is 12.3 Å². The van der Waals surface area contributed by atoms with Gasteiger partial charge in [-0.3, -0.25) is 9.59 Å². The van der Waals surface area contributed by atoms with E-state index in [0.29, 0.717) is 25.1 Å². The number of hydrogen-bond donors (Lipinski definition) is 0. The van der Waals surface area contributed by atoms with Crippen molar-refractivity contribution in [1.82, 2.24) is 0 Å². The van der Waals surface area contributed by atoms with E-state index in [4.69, 9.17) is 14.2 Å². The Hall–Kier alpha value is -1.72. The predicted molar refractivity (Wildman–Crippen MR) is 78.6 cm³/mol. The van der Waals surface area contributed by atoms with E-state index in [0.717, 1.165) is 19.4 Å². The molecule has 5 nitrogen and oxygen atoms in total. The number of hydrogen-bond acceptors (Lipinski definition) is 5. The van der Waals surface area contributed by atoms with Gasteiger partial charge in [-0.05, 0) is 18.6 Å². The van der Waals surface area contributed by atoms with Gasteiger partial charge in [0.1, 0.15) is 5.75 Å². The summed E-state index contributed by atoms with van der Waals surface area (Å²) in [6.07, 6.45) is 2.95. The second-order valence-corrected chi connectivity index (χ2v) is 4.46. The molecule has 1 aromatic rings. The fourth-order valence-electron chi connectivity index (χ4n) is 1.57. The van der Waals surface area contributed by atoms with Crippen LogP contribution in [0.15, 0.2) is 24.3 Å². The molecule has 21 heavy (non-hydrogen) atoms. The number of aldehydes is 1. The van der Waals surface area contributed by atoms with Crippen LogP contribution in [-0.2, 0) is 14.3 Å². The molecule has 0 aliphatic rings. The third-order valence-corrected chi connectivity index (χ3v) is 2.73. The van der Waals surface area contributed by atoms with Crippen LogP contribution in [0.3, 0.4) is 0 Å². The lowest BCUT2D eigenvalue weighted by molar-refractivity contribution is -0.135. The van der Waals surface area contributed by atoms with Gasteiger partial charge in [0.2, 0.25) is 0 Å². The van der Waals surface area contributed by atoms with Crippen LogP contribution >= 0.6 is 0 Å². The molecule has 0 radical (unpaired) electrons. The summed E-state index contributed by atoms with van der Waals surface area (Å²) in [5, 5.41) is 0. The van der Waals surface area contributed by atoms with Gasteiger partial charge < -0.3 is 14.2 Å². The van der Waals surface area contributed by atoms with Gasteiger partial charge in [0, 0.05) is 6.61 Å². The van der Waals surface area contributed by atoms with E-state index >= 15 is 0 Å². The van der Waals surface area contributed by atoms with Crippen LogP contribution in [0.1, 0.15) is 36.5 Å². The standard InChI is InChI=1S/C16H22O5/c1-2-3-9-19-11-12-20-10-8-16(18)21-15-7-5-4-6-14(15)13-17/h4-7,13H,2-3,8-12H2,1H3. The van der Waals surface area contributed by atoms with Crippen molar-refractivity contribution in [3.05, 3.63) is 29.8 Å². The normalized spacial score (nSPS) is 10.3. The quantitative estimate of drug-likeness (QED) is 0.272. The van der Waals surface area contributed by atoms with Crippen molar-refractivity contribution in [3.8, 4) is 5.75 Å². The molecule has 0 heterocycles. The van der Waals surface area contributed by atoms with Crippen molar-refractivity contribution in [1.29, 1.82) is 0 Å². The molecule has 116 valence electrons. The van der Waals surface area contributed by atoms with Crippen molar-refractivity contribution in [2.45, 2.75) is 26.2 Å². The maximum atomic E-state index is 11.6. The summed E-state index contributed by atoms with van der Waals surface area (Å²) in [4.78, 5) is 22.4. The number of benzene rings is 1. The molecule has 5 heteroatoms. The minimum absolute atomic E-state index is 0.141. The molecule has 0 N–H and O–H groups in total. The van der Waals surface area contributed by atoms with E-state index < -0.39 is 5.97 Å². The van der Waals surface area contributed by atoms with E-state index in [1.54, 1.807) is 24.3 Å². The van der Waals surface area contributed by atoms with E-state index in [1.165, 1.54) is 0 Å². The maximum absolute atomic E-state index is 11.6. The van der Waals surface area contributed by atoms with Crippen LogP contribution in [0.2, 0.25) is 0 Å². The van der Waals surface area contributed by atoms with Gasteiger partial charge in [-0.1, -0.05) is 25.5 Å². The molecule has 0 saturated carbocycles. The second kappa shape index (κ2) is 11.0. The molecule has 0 amide bonds. The first-order valence-corrected chi connectivity index (χ1v) is 7.18. The van der Waals surface area contributed by atoms with Crippen LogP contribution in [0.5, 0.6) is 5.75 Å². The van der Waals surface area contributed by atoms with Gasteiger partial charge in [0.15, 0.2) is 6.29 Å². The van der Waals surface area contributed by atoms with Crippen LogP contribution < -0.4 is 4.74 Å². The Morgan fingerprint density at radius 2 is 1.81 bits per heavy atom. The summed E-state index contributed by atoms with van der Waals surface area (Å²) in [5.41, 5.74) is 0.357. The van der Waals surface area contributed by atoms with Gasteiger partial charge in [-0.15, -0.1) is 0 Å². The van der Waals surface area contributed by atoms with Gasteiger partial charge in [0.05, 0.1) is 31.8 Å². The van der Waals surface area contributed by atoms with Gasteiger partial charge in [-0.25, -0.2) is 0 Å². The SMILES string of the molecule is CCCCOCCOCCC(=O)Oc1ccccc1C=O. The Morgan fingerprint density at radius 1 is 1.10 bits per heavy atom. The first kappa shape index (κ1) is 17.3. The van der Waals surface area contributed by atoms with E-state index in [-0.39, 0.29) is 18.8 Å². The van der Waals surface area contributed by atoms with Crippen LogP contribution in [0.25, 0.3) is 0 Å². The molecule has 1 aromatic carbocycles. The minimum Gasteiger partial charge on any atom is -0.426 e. The molecule has 1 rings (SSSR count). The minimum atomic E-state index is -0.420. The smallest absolute Gasteiger partial charge is 0.313 e. The highest BCUT2D eigenvalue weighted by atomic mass is 16.5. The number of ether oxygens (including phenoxy) is 3. The highest BCUT2D eigenvalue weighted by molar-refractivity contribution is 5.82. The van der Waals surface area contributed by atoms with Gasteiger partial charge in [-0.2, -0.15) is 0 Å². The van der Waals surface area contributed by atoms with Crippen molar-refractivity contribution < 1.29 is 23.8 Å². The Balaban J connectivity index is 2.13. The van der Waals surface area contributed by atoms with Crippen LogP contribution in [0.4, 0.5) is 0 Å². The van der Waals surface area contributed by atoms with E-state index in [9.17, 15) is 9.59 Å². The maximum Gasteiger partial charge on any atom is 0.313 e. The molecule has 0 aliphatic carbocycles. The topological polar surface area (TPSA) is 61.8 Å². The number of rotatable bonds is 11. The average Bonchev–Trinajstić information content (AvgIpc) is 2.50. The molecule has 0 bridgehead atoms. The third kappa shape index (κ3) is 7.58. The second-order valence-electron chi connectivity index (χ2n) is 4.46. The summed E-state index contributed by atoms with van der Waals surface area (Å²) in [6.45, 7) is 4.11. The highest BCUT2D eigenvalue weighted by Crippen LogP contribution is 2.16. The van der Waals surface area contributed by atoms with Crippen LogP contribution in [0, 0.1) is 0 Å². The summed E-state index contributed by atoms with van der Waals surface area (Å²) >= 11 is 0. The Bertz CT molecular complexity index is 430. The Labute approximate surface area is 125 Å². The average molecular weight is 294 g/mol. The zero-order valence-electron chi connectivity index (χ0n) is 12.4. The van der Waals surface area contributed by atoms with Crippen molar-refractivity contribution in [2.75, 3.05) is 26.4 Å². The molecule has 0 atom stereocenters. The van der Waals surface area contributed by atoms with E-state index in [1.807, 2.05) is 0 Å². The third-order valence-electron chi connectivity index (χ3n) is 2.73. The number of esters is 1. The lowest BCUT2D eigenvalue weighted by atomic mass is 10.2. The van der Waals surface area contributed by atoms with Gasteiger partial charge in [0.25, 0.3) is 0 Å². The number of carbonyl (C=O) groups is 2. The summed E-state index contributed by atoms with van der Waals surface area (Å²) in [5.74, 6) is -0.142. The largest absolute Gasteiger partial charge is 0.426 e. The summed E-state index contributed by atoms with van der Waals surface area (Å²) in [6, 6.07) is 6.60. The zero-order chi connectivity index (χ0) is 15.3. The van der Waals surface area contributed by atoms with Crippen molar-refractivity contribution in [3.63, 3.8) is 0 Å². The molecule has 0 fully saturated rings. The summed E-state index contributed by atoms with van der Waals surface area (Å²) in [7, 11) is 0. The fourth-order valence-corrected chi connectivity index (χ4v) is 1.57. The monoisotopic (exact) mass is 294 g/mol. The molecular formula is C16H22O5.